The molecule has 0 aliphatic heterocycles. The molecule has 0 N–H and O–H groups in total. The van der Waals surface area contributed by atoms with Crippen molar-refractivity contribution in [2.75, 3.05) is 0 Å². The molecule has 0 saturated heterocycles. The minimum Gasteiger partial charge on any atom is -0.256 e. The molecule has 1 nitrogen and oxygen atoms in total. The average Bonchev–Trinajstić information content (AvgIpc) is 3.24. The molecule has 0 aliphatic rings. The van der Waals surface area contributed by atoms with E-state index >= 15 is 0 Å². The van der Waals surface area contributed by atoms with E-state index in [0.29, 0.717) is 5.92 Å². The summed E-state index contributed by atoms with van der Waals surface area (Å²) in [6, 6.07) is 35.2. The zero-order chi connectivity index (χ0) is 24.6. The molecule has 0 atom stereocenters. The lowest BCUT2D eigenvalue weighted by Crippen LogP contribution is -1.94. The number of aromatic nitrogens is 1. The topological polar surface area (TPSA) is 12.9 Å². The molecule has 4 aromatic carbocycles. The van der Waals surface area contributed by atoms with E-state index in [0.717, 1.165) is 12.1 Å². The van der Waals surface area contributed by atoms with Crippen LogP contribution in [0.1, 0.15) is 25.0 Å². The Bertz CT molecular complexity index is 1680. The summed E-state index contributed by atoms with van der Waals surface area (Å²) in [5, 5.41) is 3.81. The molecule has 0 amide bonds. The van der Waals surface area contributed by atoms with Gasteiger partial charge < -0.3 is 0 Å². The average molecular weight is 484 g/mol. The van der Waals surface area contributed by atoms with E-state index in [9.17, 15) is 0 Å². The summed E-state index contributed by atoms with van der Waals surface area (Å²) >= 11 is 1.88. The molecule has 2 heterocycles. The van der Waals surface area contributed by atoms with E-state index in [4.69, 9.17) is 4.98 Å². The van der Waals surface area contributed by atoms with Crippen LogP contribution in [0.15, 0.2) is 103 Å². The van der Waals surface area contributed by atoms with Crippen molar-refractivity contribution in [1.82, 2.24) is 4.98 Å². The highest BCUT2D eigenvalue weighted by Gasteiger charge is 2.18. The molecule has 0 aliphatic carbocycles. The Balaban J connectivity index is 1.60. The SMILES string of the molecule is Cc1c(-c2ccccc2)sc2cc(-c3nccc4cc(CC(C)C)ccc34)cc(-c3ccccc3)c12. The number of pyridine rings is 1. The standard InChI is InChI=1S/C34H29NS/c1-22(2)18-24-14-15-29-27(19-24)16-17-35-33(29)28-20-30(25-10-6-4-7-11-25)32-23(3)34(36-31(32)21-28)26-12-8-5-9-13-26/h4-17,19-22H,18H2,1-3H3. The van der Waals surface area contributed by atoms with Crippen LogP contribution in [0.5, 0.6) is 0 Å². The summed E-state index contributed by atoms with van der Waals surface area (Å²) in [5.41, 5.74) is 8.74. The fraction of sp³-hybridized carbons (Fsp3) is 0.147. The van der Waals surface area contributed by atoms with Gasteiger partial charge in [0.15, 0.2) is 0 Å². The van der Waals surface area contributed by atoms with Gasteiger partial charge in [0, 0.05) is 32.1 Å². The molecular formula is C34H29NS. The van der Waals surface area contributed by atoms with E-state index < -0.39 is 0 Å². The Hall–Kier alpha value is -3.75. The zero-order valence-electron chi connectivity index (χ0n) is 21.0. The molecule has 0 saturated carbocycles. The number of rotatable bonds is 5. The lowest BCUT2D eigenvalue weighted by atomic mass is 9.93. The monoisotopic (exact) mass is 483 g/mol. The quantitative estimate of drug-likeness (QED) is 0.238. The van der Waals surface area contributed by atoms with Crippen molar-refractivity contribution >= 4 is 32.2 Å². The summed E-state index contributed by atoms with van der Waals surface area (Å²) in [7, 11) is 0. The predicted octanol–water partition coefficient (Wildman–Crippen LogP) is 9.96. The van der Waals surface area contributed by atoms with Crippen LogP contribution in [0.4, 0.5) is 0 Å². The van der Waals surface area contributed by atoms with Crippen LogP contribution >= 0.6 is 11.3 Å². The van der Waals surface area contributed by atoms with Crippen molar-refractivity contribution in [1.29, 1.82) is 0 Å². The second-order valence-corrected chi connectivity index (χ2v) is 11.1. The van der Waals surface area contributed by atoms with Gasteiger partial charge in [-0.2, -0.15) is 0 Å². The highest BCUT2D eigenvalue weighted by molar-refractivity contribution is 7.22. The largest absolute Gasteiger partial charge is 0.256 e. The van der Waals surface area contributed by atoms with Gasteiger partial charge in [0.25, 0.3) is 0 Å². The number of fused-ring (bicyclic) bond motifs is 2. The number of benzene rings is 4. The normalized spacial score (nSPS) is 11.6. The zero-order valence-corrected chi connectivity index (χ0v) is 21.8. The van der Waals surface area contributed by atoms with Crippen LogP contribution in [0.2, 0.25) is 0 Å². The van der Waals surface area contributed by atoms with Crippen LogP contribution in [0.25, 0.3) is 53.7 Å². The van der Waals surface area contributed by atoms with Crippen LogP contribution in [-0.2, 0) is 6.42 Å². The smallest absolute Gasteiger partial charge is 0.0780 e. The van der Waals surface area contributed by atoms with E-state index in [2.05, 4.69) is 118 Å². The fourth-order valence-electron chi connectivity index (χ4n) is 5.29. The molecule has 36 heavy (non-hydrogen) atoms. The van der Waals surface area contributed by atoms with Gasteiger partial charge in [-0.05, 0) is 70.7 Å². The van der Waals surface area contributed by atoms with Crippen molar-refractivity contribution in [2.24, 2.45) is 5.92 Å². The molecule has 176 valence electrons. The summed E-state index contributed by atoms with van der Waals surface area (Å²) in [4.78, 5) is 6.24. The van der Waals surface area contributed by atoms with Crippen molar-refractivity contribution in [3.63, 3.8) is 0 Å². The number of hydrogen-bond acceptors (Lipinski definition) is 2. The highest BCUT2D eigenvalue weighted by Crippen LogP contribution is 2.45. The minimum atomic E-state index is 0.639. The Kier molecular flexibility index (Phi) is 5.91. The Morgan fingerprint density at radius 2 is 1.47 bits per heavy atom. The van der Waals surface area contributed by atoms with Crippen LogP contribution in [-0.4, -0.2) is 4.98 Å². The first-order chi connectivity index (χ1) is 17.6. The third-order valence-corrected chi connectivity index (χ3v) is 8.18. The van der Waals surface area contributed by atoms with Crippen LogP contribution in [0.3, 0.4) is 0 Å². The molecule has 2 heteroatoms. The summed E-state index contributed by atoms with van der Waals surface area (Å²) in [5.74, 6) is 0.639. The third-order valence-electron chi connectivity index (χ3n) is 6.90. The van der Waals surface area contributed by atoms with Gasteiger partial charge in [-0.3, -0.25) is 4.98 Å². The van der Waals surface area contributed by atoms with Gasteiger partial charge >= 0.3 is 0 Å². The summed E-state index contributed by atoms with van der Waals surface area (Å²) in [6.07, 6.45) is 3.05. The molecular weight excluding hydrogens is 454 g/mol. The second kappa shape index (κ2) is 9.37. The maximum absolute atomic E-state index is 4.90. The summed E-state index contributed by atoms with van der Waals surface area (Å²) < 4.78 is 1.30. The van der Waals surface area contributed by atoms with Crippen LogP contribution in [0, 0.1) is 12.8 Å². The minimum absolute atomic E-state index is 0.639. The molecule has 0 radical (unpaired) electrons. The summed E-state index contributed by atoms with van der Waals surface area (Å²) in [6.45, 7) is 6.81. The lowest BCUT2D eigenvalue weighted by Gasteiger charge is -2.12. The highest BCUT2D eigenvalue weighted by atomic mass is 32.1. The van der Waals surface area contributed by atoms with E-state index in [1.807, 2.05) is 17.5 Å². The van der Waals surface area contributed by atoms with Crippen molar-refractivity contribution in [3.8, 4) is 32.8 Å². The first kappa shape index (κ1) is 22.7. The number of thiophene rings is 1. The molecule has 2 aromatic heterocycles. The molecule has 0 spiro atoms. The van der Waals surface area contributed by atoms with Crippen LogP contribution < -0.4 is 0 Å². The van der Waals surface area contributed by atoms with Crippen molar-refractivity contribution < 1.29 is 0 Å². The maximum Gasteiger partial charge on any atom is 0.0780 e. The number of aryl methyl sites for hydroxylation is 1. The molecule has 0 fully saturated rings. The molecule has 6 aromatic rings. The lowest BCUT2D eigenvalue weighted by molar-refractivity contribution is 0.648. The first-order valence-corrected chi connectivity index (χ1v) is 13.5. The van der Waals surface area contributed by atoms with E-state index in [1.165, 1.54) is 59.1 Å². The third kappa shape index (κ3) is 4.12. The van der Waals surface area contributed by atoms with Gasteiger partial charge in [-0.15, -0.1) is 11.3 Å². The van der Waals surface area contributed by atoms with Gasteiger partial charge in [0.2, 0.25) is 0 Å². The number of hydrogen-bond donors (Lipinski definition) is 0. The molecule has 6 rings (SSSR count). The van der Waals surface area contributed by atoms with Crippen molar-refractivity contribution in [2.45, 2.75) is 27.2 Å². The molecule has 0 unspecified atom stereocenters. The Morgan fingerprint density at radius 1 is 0.750 bits per heavy atom. The second-order valence-electron chi connectivity index (χ2n) is 10.00. The maximum atomic E-state index is 4.90. The van der Waals surface area contributed by atoms with E-state index in [1.54, 1.807) is 0 Å². The van der Waals surface area contributed by atoms with Gasteiger partial charge in [0.05, 0.1) is 5.69 Å². The Labute approximate surface area is 217 Å². The van der Waals surface area contributed by atoms with Gasteiger partial charge in [-0.1, -0.05) is 92.7 Å². The van der Waals surface area contributed by atoms with Gasteiger partial charge in [0.1, 0.15) is 0 Å². The predicted molar refractivity (Wildman–Crippen MR) is 157 cm³/mol. The fourth-order valence-corrected chi connectivity index (χ4v) is 6.57. The first-order valence-electron chi connectivity index (χ1n) is 12.6. The van der Waals surface area contributed by atoms with Gasteiger partial charge in [-0.25, -0.2) is 0 Å². The number of nitrogens with zero attached hydrogens (tertiary/aromatic N) is 1. The molecule has 0 bridgehead atoms. The van der Waals surface area contributed by atoms with E-state index in [-0.39, 0.29) is 0 Å². The van der Waals surface area contributed by atoms with Crippen molar-refractivity contribution in [3.05, 3.63) is 114 Å². The Morgan fingerprint density at radius 3 is 2.19 bits per heavy atom.